The molecule has 2 aromatic carbocycles. The monoisotopic (exact) mass is 550 g/mol. The summed E-state index contributed by atoms with van der Waals surface area (Å²) in [6.45, 7) is 3.29. The fourth-order valence-electron chi connectivity index (χ4n) is 5.24. The number of carbonyl (C=O) groups excluding carboxylic acids is 2. The zero-order valence-electron chi connectivity index (χ0n) is 22.7. The average molecular weight is 551 g/mol. The predicted octanol–water partition coefficient (Wildman–Crippen LogP) is 4.92. The van der Waals surface area contributed by atoms with Gasteiger partial charge in [-0.1, -0.05) is 12.1 Å². The standard InChI is InChI=1S/C30H38N4O4S/c1-37-27-12-8-23(20-28(27)38-25-4-2-3-5-25)26-11-13-30(36)34(32-26)21-22-6-9-24(10-7-22)31-29(35)14-15-33-16-18-39-19-17-33/h6-10,12,20,25H,2-5,11,13-19,21H2,1H3,(H,31,35). The molecule has 0 bridgehead atoms. The third-order valence-corrected chi connectivity index (χ3v) is 8.47. The molecule has 3 aliphatic rings. The van der Waals surface area contributed by atoms with Gasteiger partial charge in [-0.2, -0.15) is 16.9 Å². The summed E-state index contributed by atoms with van der Waals surface area (Å²) in [5.74, 6) is 3.77. The maximum Gasteiger partial charge on any atom is 0.243 e. The van der Waals surface area contributed by atoms with E-state index in [1.807, 2.05) is 54.2 Å². The highest BCUT2D eigenvalue weighted by Crippen LogP contribution is 2.33. The average Bonchev–Trinajstić information content (AvgIpc) is 3.48. The van der Waals surface area contributed by atoms with E-state index in [2.05, 4.69) is 10.2 Å². The summed E-state index contributed by atoms with van der Waals surface area (Å²) in [5, 5.41) is 9.26. The summed E-state index contributed by atoms with van der Waals surface area (Å²) >= 11 is 1.97. The van der Waals surface area contributed by atoms with Crippen LogP contribution < -0.4 is 14.8 Å². The van der Waals surface area contributed by atoms with E-state index in [0.717, 1.165) is 72.3 Å². The first-order chi connectivity index (χ1) is 19.1. The highest BCUT2D eigenvalue weighted by atomic mass is 32.2. The highest BCUT2D eigenvalue weighted by molar-refractivity contribution is 7.99. The lowest BCUT2D eigenvalue weighted by molar-refractivity contribution is -0.132. The number of benzene rings is 2. The molecule has 2 heterocycles. The van der Waals surface area contributed by atoms with Crippen LogP contribution in [0, 0.1) is 0 Å². The number of hydrogen-bond acceptors (Lipinski definition) is 7. The van der Waals surface area contributed by atoms with E-state index in [1.54, 1.807) is 12.1 Å². The predicted molar refractivity (Wildman–Crippen MR) is 156 cm³/mol. The zero-order chi connectivity index (χ0) is 27.0. The van der Waals surface area contributed by atoms with Crippen molar-refractivity contribution in [1.29, 1.82) is 0 Å². The second-order valence-electron chi connectivity index (χ2n) is 10.3. The van der Waals surface area contributed by atoms with Gasteiger partial charge in [0, 0.05) is 61.7 Å². The normalized spacial score (nSPS) is 18.6. The van der Waals surface area contributed by atoms with Gasteiger partial charge in [-0.3, -0.25) is 9.59 Å². The lowest BCUT2D eigenvalue weighted by Crippen LogP contribution is -2.34. The lowest BCUT2D eigenvalue weighted by Gasteiger charge is -2.25. The molecule has 0 aromatic heterocycles. The molecule has 2 aromatic rings. The van der Waals surface area contributed by atoms with Crippen molar-refractivity contribution in [1.82, 2.24) is 9.91 Å². The van der Waals surface area contributed by atoms with Gasteiger partial charge in [-0.15, -0.1) is 0 Å². The molecular weight excluding hydrogens is 512 g/mol. The minimum Gasteiger partial charge on any atom is -0.493 e. The summed E-state index contributed by atoms with van der Waals surface area (Å²) in [6, 6.07) is 13.5. The van der Waals surface area contributed by atoms with Crippen molar-refractivity contribution < 1.29 is 19.1 Å². The fourth-order valence-corrected chi connectivity index (χ4v) is 6.22. The van der Waals surface area contributed by atoms with Gasteiger partial charge in [0.1, 0.15) is 0 Å². The molecular formula is C30H38N4O4S. The third kappa shape index (κ3) is 7.54. The van der Waals surface area contributed by atoms with Gasteiger partial charge in [0.25, 0.3) is 0 Å². The summed E-state index contributed by atoms with van der Waals surface area (Å²) < 4.78 is 11.8. The maximum absolute atomic E-state index is 12.7. The third-order valence-electron chi connectivity index (χ3n) is 7.53. The van der Waals surface area contributed by atoms with Crippen LogP contribution in [0.1, 0.15) is 56.1 Å². The van der Waals surface area contributed by atoms with E-state index >= 15 is 0 Å². The molecule has 1 saturated carbocycles. The van der Waals surface area contributed by atoms with Gasteiger partial charge in [-0.05, 0) is 61.6 Å². The Kier molecular flexibility index (Phi) is 9.42. The first-order valence-corrected chi connectivity index (χ1v) is 15.1. The van der Waals surface area contributed by atoms with Crippen LogP contribution in [0.2, 0.25) is 0 Å². The number of carbonyl (C=O) groups is 2. The molecule has 0 spiro atoms. The van der Waals surface area contributed by atoms with E-state index in [-0.39, 0.29) is 17.9 Å². The molecule has 2 amide bonds. The second kappa shape index (κ2) is 13.3. The number of amides is 2. The van der Waals surface area contributed by atoms with E-state index in [9.17, 15) is 9.59 Å². The highest BCUT2D eigenvalue weighted by Gasteiger charge is 2.24. The molecule has 0 unspecified atom stereocenters. The molecule has 0 radical (unpaired) electrons. The minimum absolute atomic E-state index is 0.00295. The van der Waals surface area contributed by atoms with Gasteiger partial charge in [-0.25, -0.2) is 5.01 Å². The second-order valence-corrected chi connectivity index (χ2v) is 11.6. The fraction of sp³-hybridized carbons (Fsp3) is 0.500. The Hall–Kier alpha value is -3.04. The van der Waals surface area contributed by atoms with Crippen LogP contribution >= 0.6 is 11.8 Å². The number of rotatable bonds is 10. The number of nitrogens with zero attached hydrogens (tertiary/aromatic N) is 3. The topological polar surface area (TPSA) is 83.5 Å². The van der Waals surface area contributed by atoms with E-state index in [0.29, 0.717) is 31.6 Å². The Morgan fingerprint density at radius 3 is 2.56 bits per heavy atom. The molecule has 39 heavy (non-hydrogen) atoms. The van der Waals surface area contributed by atoms with E-state index < -0.39 is 0 Å². The quantitative estimate of drug-likeness (QED) is 0.452. The first kappa shape index (κ1) is 27.5. The number of ether oxygens (including phenoxy) is 2. The number of thioether (sulfide) groups is 1. The number of nitrogens with one attached hydrogen (secondary N) is 1. The zero-order valence-corrected chi connectivity index (χ0v) is 23.5. The smallest absolute Gasteiger partial charge is 0.243 e. The first-order valence-electron chi connectivity index (χ1n) is 14.0. The maximum atomic E-state index is 12.7. The van der Waals surface area contributed by atoms with Crippen molar-refractivity contribution >= 4 is 35.0 Å². The van der Waals surface area contributed by atoms with Gasteiger partial charge in [0.15, 0.2) is 11.5 Å². The summed E-state index contributed by atoms with van der Waals surface area (Å²) in [4.78, 5) is 27.4. The van der Waals surface area contributed by atoms with Crippen LogP contribution in [0.15, 0.2) is 47.6 Å². The van der Waals surface area contributed by atoms with Crippen LogP contribution in [-0.4, -0.2) is 71.8 Å². The van der Waals surface area contributed by atoms with Gasteiger partial charge >= 0.3 is 0 Å². The lowest BCUT2D eigenvalue weighted by atomic mass is 10.0. The number of methoxy groups -OCH3 is 1. The Morgan fingerprint density at radius 1 is 1.05 bits per heavy atom. The summed E-state index contributed by atoms with van der Waals surface area (Å²) in [6.07, 6.45) is 6.24. The van der Waals surface area contributed by atoms with Crippen LogP contribution in [-0.2, 0) is 16.1 Å². The number of hydrazone groups is 1. The molecule has 208 valence electrons. The van der Waals surface area contributed by atoms with Crippen LogP contribution in [0.3, 0.4) is 0 Å². The van der Waals surface area contributed by atoms with Gasteiger partial charge in [0.05, 0.1) is 25.5 Å². The molecule has 1 saturated heterocycles. The molecule has 0 atom stereocenters. The molecule has 5 rings (SSSR count). The van der Waals surface area contributed by atoms with Crippen molar-refractivity contribution in [2.24, 2.45) is 5.10 Å². The van der Waals surface area contributed by atoms with Gasteiger partial charge in [0.2, 0.25) is 11.8 Å². The molecule has 2 fully saturated rings. The van der Waals surface area contributed by atoms with E-state index in [1.165, 1.54) is 12.8 Å². The molecule has 1 N–H and O–H groups in total. The van der Waals surface area contributed by atoms with Crippen molar-refractivity contribution in [3.05, 3.63) is 53.6 Å². The summed E-state index contributed by atoms with van der Waals surface area (Å²) in [5.41, 5.74) is 3.53. The van der Waals surface area contributed by atoms with Crippen molar-refractivity contribution in [2.45, 2.75) is 57.6 Å². The molecule has 1 aliphatic carbocycles. The number of hydrogen-bond donors (Lipinski definition) is 1. The Bertz CT molecular complexity index is 1170. The Labute approximate surface area is 235 Å². The Morgan fingerprint density at radius 2 is 1.82 bits per heavy atom. The van der Waals surface area contributed by atoms with Crippen molar-refractivity contribution in [3.63, 3.8) is 0 Å². The molecule has 2 aliphatic heterocycles. The molecule has 8 nitrogen and oxygen atoms in total. The SMILES string of the molecule is COc1ccc(C2=NN(Cc3ccc(NC(=O)CCN4CCSCC4)cc3)C(=O)CC2)cc1OC1CCCC1. The largest absolute Gasteiger partial charge is 0.493 e. The number of anilines is 1. The minimum atomic E-state index is 0.00295. The van der Waals surface area contributed by atoms with Crippen LogP contribution in [0.5, 0.6) is 11.5 Å². The van der Waals surface area contributed by atoms with E-state index in [4.69, 9.17) is 14.6 Å². The Balaban J connectivity index is 1.20. The van der Waals surface area contributed by atoms with Crippen molar-refractivity contribution in [3.8, 4) is 11.5 Å². The van der Waals surface area contributed by atoms with Crippen LogP contribution in [0.4, 0.5) is 5.69 Å². The molecule has 9 heteroatoms. The van der Waals surface area contributed by atoms with Crippen molar-refractivity contribution in [2.75, 3.05) is 43.6 Å². The van der Waals surface area contributed by atoms with Crippen LogP contribution in [0.25, 0.3) is 0 Å². The summed E-state index contributed by atoms with van der Waals surface area (Å²) in [7, 11) is 1.65. The van der Waals surface area contributed by atoms with Gasteiger partial charge < -0.3 is 19.7 Å².